The molecule has 0 unspecified atom stereocenters. The summed E-state index contributed by atoms with van der Waals surface area (Å²) in [6, 6.07) is 0. The van der Waals surface area contributed by atoms with Crippen molar-refractivity contribution in [1.29, 1.82) is 0 Å². The Morgan fingerprint density at radius 3 is 2.29 bits per heavy atom. The van der Waals surface area contributed by atoms with E-state index in [2.05, 4.69) is 43.9 Å². The first-order valence-electron chi connectivity index (χ1n) is 5.79. The van der Waals surface area contributed by atoms with Gasteiger partial charge >= 0.3 is 0 Å². The van der Waals surface area contributed by atoms with E-state index in [9.17, 15) is 0 Å². The normalized spacial score (nSPS) is 12.1. The molecule has 0 radical (unpaired) electrons. The number of hydrogen-bond acceptors (Lipinski definition) is 1. The van der Waals surface area contributed by atoms with Gasteiger partial charge in [0.25, 0.3) is 0 Å². The molecule has 0 saturated heterocycles. The van der Waals surface area contributed by atoms with Gasteiger partial charge < -0.3 is 0 Å². The molecule has 0 saturated carbocycles. The van der Waals surface area contributed by atoms with Crippen molar-refractivity contribution in [2.24, 2.45) is 12.5 Å². The Bertz CT molecular complexity index is 373. The van der Waals surface area contributed by atoms with Crippen LogP contribution in [0.3, 0.4) is 0 Å². The molecule has 0 bridgehead atoms. The van der Waals surface area contributed by atoms with Crippen LogP contribution in [0.5, 0.6) is 0 Å². The van der Waals surface area contributed by atoms with E-state index in [-0.39, 0.29) is 5.41 Å². The predicted molar refractivity (Wildman–Crippen MR) is 81.6 cm³/mol. The highest BCUT2D eigenvalue weighted by Crippen LogP contribution is 2.36. The summed E-state index contributed by atoms with van der Waals surface area (Å²) >= 11 is 13.6. The van der Waals surface area contributed by atoms with Gasteiger partial charge in [-0.25, -0.2) is 0 Å². The molecular formula is C12H19Br2ClN2. The minimum Gasteiger partial charge on any atom is -0.257 e. The molecule has 1 aromatic rings. The second kappa shape index (κ2) is 6.58. The molecular weight excluding hydrogens is 367 g/mol. The third kappa shape index (κ3) is 3.48. The van der Waals surface area contributed by atoms with Gasteiger partial charge in [0.05, 0.1) is 5.69 Å². The number of aryl methyl sites for hydroxylation is 2. The molecule has 0 aliphatic rings. The molecule has 0 aliphatic carbocycles. The number of rotatable bonds is 6. The maximum absolute atomic E-state index is 6.30. The average Bonchev–Trinajstić information content (AvgIpc) is 2.55. The maximum Gasteiger partial charge on any atom is 0.130 e. The number of aromatic nitrogens is 2. The van der Waals surface area contributed by atoms with E-state index in [1.807, 2.05) is 14.0 Å². The van der Waals surface area contributed by atoms with Crippen molar-refractivity contribution in [3.63, 3.8) is 0 Å². The zero-order valence-electron chi connectivity index (χ0n) is 10.6. The molecule has 0 aromatic carbocycles. The smallest absolute Gasteiger partial charge is 0.130 e. The molecule has 5 heteroatoms. The lowest BCUT2D eigenvalue weighted by Gasteiger charge is -2.29. The molecule has 2 nitrogen and oxygen atoms in total. The maximum atomic E-state index is 6.30. The van der Waals surface area contributed by atoms with E-state index in [1.165, 1.54) is 18.4 Å². The number of nitrogens with zero attached hydrogens (tertiary/aromatic N) is 2. The van der Waals surface area contributed by atoms with E-state index in [4.69, 9.17) is 11.6 Å². The lowest BCUT2D eigenvalue weighted by Crippen LogP contribution is -2.27. The molecule has 0 N–H and O–H groups in total. The lowest BCUT2D eigenvalue weighted by atomic mass is 9.82. The molecule has 1 heterocycles. The molecule has 0 spiro atoms. The highest BCUT2D eigenvalue weighted by molar-refractivity contribution is 9.09. The van der Waals surface area contributed by atoms with Crippen LogP contribution < -0.4 is 0 Å². The van der Waals surface area contributed by atoms with Gasteiger partial charge in [0, 0.05) is 23.3 Å². The Labute approximate surface area is 125 Å². The fourth-order valence-corrected chi connectivity index (χ4v) is 4.26. The van der Waals surface area contributed by atoms with Crippen LogP contribution in [0.1, 0.15) is 31.0 Å². The Morgan fingerprint density at radius 1 is 1.35 bits per heavy atom. The molecule has 17 heavy (non-hydrogen) atoms. The first-order valence-corrected chi connectivity index (χ1v) is 8.41. The number of hydrogen-bond donors (Lipinski definition) is 0. The fraction of sp³-hybridized carbons (Fsp3) is 0.750. The minimum absolute atomic E-state index is 0.228. The molecule has 0 fully saturated rings. The van der Waals surface area contributed by atoms with Gasteiger partial charge in [0.15, 0.2) is 0 Å². The van der Waals surface area contributed by atoms with Crippen molar-refractivity contribution in [3.05, 3.63) is 16.4 Å². The third-order valence-electron chi connectivity index (χ3n) is 3.17. The Hall–Kier alpha value is 0.460. The van der Waals surface area contributed by atoms with E-state index in [0.717, 1.165) is 27.9 Å². The standard InChI is InChI=1S/C12H19Br2ClN2/c1-4-5-12(7-13,8-14)6-10-9(2)16-17(3)11(10)15/h4-8H2,1-3H3. The third-order valence-corrected chi connectivity index (χ3v) is 6.02. The van der Waals surface area contributed by atoms with Gasteiger partial charge in [-0.3, -0.25) is 4.68 Å². The summed E-state index contributed by atoms with van der Waals surface area (Å²) in [5.74, 6) is 0. The average molecular weight is 387 g/mol. The van der Waals surface area contributed by atoms with Crippen LogP contribution in [0.25, 0.3) is 0 Å². The van der Waals surface area contributed by atoms with Crippen molar-refractivity contribution in [2.45, 2.75) is 33.1 Å². The van der Waals surface area contributed by atoms with Gasteiger partial charge in [-0.15, -0.1) is 0 Å². The zero-order valence-corrected chi connectivity index (χ0v) is 14.5. The van der Waals surface area contributed by atoms with Crippen molar-refractivity contribution < 1.29 is 0 Å². The largest absolute Gasteiger partial charge is 0.257 e. The van der Waals surface area contributed by atoms with Crippen molar-refractivity contribution in [2.75, 3.05) is 10.7 Å². The SMILES string of the molecule is CCCC(CBr)(CBr)Cc1c(C)nn(C)c1Cl. The highest BCUT2D eigenvalue weighted by atomic mass is 79.9. The van der Waals surface area contributed by atoms with Gasteiger partial charge in [0.2, 0.25) is 0 Å². The van der Waals surface area contributed by atoms with Crippen LogP contribution in [0.15, 0.2) is 0 Å². The van der Waals surface area contributed by atoms with Crippen LogP contribution in [-0.2, 0) is 13.5 Å². The van der Waals surface area contributed by atoms with Crippen molar-refractivity contribution in [1.82, 2.24) is 9.78 Å². The Balaban J connectivity index is 3.00. The predicted octanol–water partition coefficient (Wildman–Crippen LogP) is 4.50. The van der Waals surface area contributed by atoms with Crippen molar-refractivity contribution in [3.8, 4) is 0 Å². The monoisotopic (exact) mass is 384 g/mol. The summed E-state index contributed by atoms with van der Waals surface area (Å²) in [7, 11) is 1.89. The summed E-state index contributed by atoms with van der Waals surface area (Å²) < 4.78 is 1.76. The molecule has 1 aromatic heterocycles. The van der Waals surface area contributed by atoms with Crippen LogP contribution in [-0.4, -0.2) is 20.4 Å². The second-order valence-corrected chi connectivity index (χ2v) is 6.15. The van der Waals surface area contributed by atoms with E-state index < -0.39 is 0 Å². The molecule has 1 rings (SSSR count). The van der Waals surface area contributed by atoms with Crippen LogP contribution >= 0.6 is 43.5 Å². The molecule has 0 atom stereocenters. The zero-order chi connectivity index (χ0) is 13.1. The van der Waals surface area contributed by atoms with Gasteiger partial charge in [-0.2, -0.15) is 5.10 Å². The molecule has 0 amide bonds. The topological polar surface area (TPSA) is 17.8 Å². The second-order valence-electron chi connectivity index (χ2n) is 4.67. The molecule has 0 aliphatic heterocycles. The van der Waals surface area contributed by atoms with Crippen molar-refractivity contribution >= 4 is 43.5 Å². The highest BCUT2D eigenvalue weighted by Gasteiger charge is 2.30. The quantitative estimate of drug-likeness (QED) is 0.658. The fourth-order valence-electron chi connectivity index (χ4n) is 2.13. The first-order chi connectivity index (χ1) is 7.99. The van der Waals surface area contributed by atoms with Crippen LogP contribution in [0.4, 0.5) is 0 Å². The van der Waals surface area contributed by atoms with Crippen LogP contribution in [0.2, 0.25) is 5.15 Å². The molecule has 98 valence electrons. The minimum atomic E-state index is 0.228. The summed E-state index contributed by atoms with van der Waals surface area (Å²) in [5, 5.41) is 7.10. The van der Waals surface area contributed by atoms with Gasteiger partial charge in [-0.05, 0) is 25.2 Å². The van der Waals surface area contributed by atoms with Gasteiger partial charge in [-0.1, -0.05) is 56.8 Å². The summed E-state index contributed by atoms with van der Waals surface area (Å²) in [4.78, 5) is 0. The van der Waals surface area contributed by atoms with Crippen LogP contribution in [0, 0.1) is 12.3 Å². The van der Waals surface area contributed by atoms with Gasteiger partial charge in [0.1, 0.15) is 5.15 Å². The number of halogens is 3. The summed E-state index contributed by atoms with van der Waals surface area (Å²) in [6.45, 7) is 4.25. The van der Waals surface area contributed by atoms with E-state index in [0.29, 0.717) is 0 Å². The number of alkyl halides is 2. The lowest BCUT2D eigenvalue weighted by molar-refractivity contribution is 0.351. The Morgan fingerprint density at radius 2 is 1.94 bits per heavy atom. The first kappa shape index (κ1) is 15.5. The summed E-state index contributed by atoms with van der Waals surface area (Å²) in [5.41, 5.74) is 2.45. The Kier molecular flexibility index (Phi) is 6.00. The van der Waals surface area contributed by atoms with E-state index in [1.54, 1.807) is 4.68 Å². The van der Waals surface area contributed by atoms with E-state index >= 15 is 0 Å². The summed E-state index contributed by atoms with van der Waals surface area (Å²) in [6.07, 6.45) is 3.32.